The predicted molar refractivity (Wildman–Crippen MR) is 77.4 cm³/mol. The van der Waals surface area contributed by atoms with Gasteiger partial charge in [0.15, 0.2) is 5.69 Å². The number of carbonyl (C=O) groups is 1. The van der Waals surface area contributed by atoms with Crippen molar-refractivity contribution in [2.75, 3.05) is 19.7 Å². The van der Waals surface area contributed by atoms with Crippen molar-refractivity contribution in [3.05, 3.63) is 17.0 Å². The molecule has 1 aromatic rings. The summed E-state index contributed by atoms with van der Waals surface area (Å²) >= 11 is 0. The molecule has 24 heavy (non-hydrogen) atoms. The molecule has 2 aliphatic heterocycles. The quantitative estimate of drug-likeness (QED) is 0.813. The van der Waals surface area contributed by atoms with E-state index in [0.29, 0.717) is 32.3 Å². The molecule has 9 heteroatoms. The molecule has 3 heterocycles. The molecule has 2 saturated heterocycles. The normalized spacial score (nSPS) is 24.4. The number of alkyl halides is 3. The van der Waals surface area contributed by atoms with Crippen LogP contribution in [0.5, 0.6) is 0 Å². The number of likely N-dealkylation sites (tertiary alicyclic amines) is 1. The van der Waals surface area contributed by atoms with Gasteiger partial charge in [0.05, 0.1) is 11.7 Å². The first-order valence-electron chi connectivity index (χ1n) is 7.95. The lowest BCUT2D eigenvalue weighted by atomic mass is 9.83. The number of H-pyrrole nitrogens is 1. The van der Waals surface area contributed by atoms with E-state index in [-0.39, 0.29) is 18.8 Å². The Bertz CT molecular complexity index is 621. The summed E-state index contributed by atoms with van der Waals surface area (Å²) in [6.07, 6.45) is -2.96. The van der Waals surface area contributed by atoms with Crippen LogP contribution in [0.1, 0.15) is 47.4 Å². The molecule has 0 saturated carbocycles. The lowest BCUT2D eigenvalue weighted by molar-refractivity contribution is -0.141. The molecule has 134 valence electrons. The zero-order chi connectivity index (χ0) is 17.5. The van der Waals surface area contributed by atoms with Gasteiger partial charge in [-0.3, -0.25) is 9.89 Å². The van der Waals surface area contributed by atoms with Gasteiger partial charge < -0.3 is 14.7 Å². The highest BCUT2D eigenvalue weighted by molar-refractivity contribution is 5.94. The minimum atomic E-state index is -4.63. The Morgan fingerprint density at radius 3 is 2.67 bits per heavy atom. The zero-order valence-electron chi connectivity index (χ0n) is 13.3. The van der Waals surface area contributed by atoms with Crippen LogP contribution >= 0.6 is 0 Å². The van der Waals surface area contributed by atoms with Gasteiger partial charge in [0.2, 0.25) is 0 Å². The van der Waals surface area contributed by atoms with Gasteiger partial charge in [0.1, 0.15) is 5.56 Å². The van der Waals surface area contributed by atoms with Crippen LogP contribution in [-0.4, -0.2) is 57.5 Å². The third-order valence-electron chi connectivity index (χ3n) is 4.86. The molecule has 0 radical (unpaired) electrons. The molecule has 0 aromatic carbocycles. The number of hydrogen-bond donors (Lipinski definition) is 2. The second-order valence-electron chi connectivity index (χ2n) is 6.54. The van der Waals surface area contributed by atoms with Crippen molar-refractivity contribution < 1.29 is 27.8 Å². The van der Waals surface area contributed by atoms with Crippen LogP contribution in [0.3, 0.4) is 0 Å². The van der Waals surface area contributed by atoms with Gasteiger partial charge >= 0.3 is 6.18 Å². The smallest absolute Gasteiger partial charge is 0.393 e. The van der Waals surface area contributed by atoms with E-state index < -0.39 is 35.0 Å². The van der Waals surface area contributed by atoms with Crippen LogP contribution in [0.25, 0.3) is 0 Å². The van der Waals surface area contributed by atoms with E-state index in [1.807, 2.05) is 0 Å². The number of amides is 1. The zero-order valence-corrected chi connectivity index (χ0v) is 13.3. The minimum Gasteiger partial charge on any atom is -0.393 e. The molecule has 1 unspecified atom stereocenters. The van der Waals surface area contributed by atoms with Gasteiger partial charge in [-0.25, -0.2) is 0 Å². The second kappa shape index (κ2) is 6.03. The molecule has 2 fully saturated rings. The maximum atomic E-state index is 13.1. The first-order valence-corrected chi connectivity index (χ1v) is 7.95. The van der Waals surface area contributed by atoms with Crippen molar-refractivity contribution in [3.8, 4) is 0 Å². The standard InChI is InChI=1S/C15H20F3N3O3/c1-9-11(15(16,17)18)12(20-19-9)13(23)21-5-3-14(4-6-21)8-10(22)2-7-24-14/h10,22H,2-8H2,1H3,(H,19,20). The number of nitrogens with zero attached hydrogens (tertiary/aromatic N) is 2. The van der Waals surface area contributed by atoms with E-state index >= 15 is 0 Å². The number of nitrogens with one attached hydrogen (secondary N) is 1. The van der Waals surface area contributed by atoms with Crippen molar-refractivity contribution in [2.24, 2.45) is 0 Å². The molecule has 0 bridgehead atoms. The van der Waals surface area contributed by atoms with Gasteiger partial charge in [-0.2, -0.15) is 18.3 Å². The summed E-state index contributed by atoms with van der Waals surface area (Å²) in [5.41, 5.74) is -2.22. The third kappa shape index (κ3) is 3.14. The summed E-state index contributed by atoms with van der Waals surface area (Å²) in [5, 5.41) is 15.6. The highest BCUT2D eigenvalue weighted by Crippen LogP contribution is 2.37. The number of halogens is 3. The van der Waals surface area contributed by atoms with Gasteiger partial charge in [-0.1, -0.05) is 0 Å². The van der Waals surface area contributed by atoms with Gasteiger partial charge in [-0.05, 0) is 26.2 Å². The van der Waals surface area contributed by atoms with Crippen molar-refractivity contribution >= 4 is 5.91 Å². The van der Waals surface area contributed by atoms with Crippen molar-refractivity contribution in [2.45, 2.75) is 50.5 Å². The molecular weight excluding hydrogens is 327 g/mol. The van der Waals surface area contributed by atoms with Crippen molar-refractivity contribution in [1.82, 2.24) is 15.1 Å². The number of aryl methyl sites for hydroxylation is 1. The molecule has 0 aliphatic carbocycles. The maximum absolute atomic E-state index is 13.1. The van der Waals surface area contributed by atoms with Gasteiger partial charge in [-0.15, -0.1) is 0 Å². The summed E-state index contributed by atoms with van der Waals surface area (Å²) in [5.74, 6) is -0.724. The summed E-state index contributed by atoms with van der Waals surface area (Å²) in [6, 6.07) is 0. The number of aliphatic hydroxyl groups is 1. The second-order valence-corrected chi connectivity index (χ2v) is 6.54. The first kappa shape index (κ1) is 17.2. The van der Waals surface area contributed by atoms with Crippen LogP contribution < -0.4 is 0 Å². The Labute approximate surface area is 137 Å². The van der Waals surface area contributed by atoms with E-state index in [1.54, 1.807) is 0 Å². The monoisotopic (exact) mass is 347 g/mol. The molecule has 3 rings (SSSR count). The molecule has 1 atom stereocenters. The number of aromatic amines is 1. The minimum absolute atomic E-state index is 0.168. The number of aromatic nitrogens is 2. The topological polar surface area (TPSA) is 78.5 Å². The number of carbonyl (C=O) groups excluding carboxylic acids is 1. The van der Waals surface area contributed by atoms with E-state index in [9.17, 15) is 23.1 Å². The number of piperidine rings is 1. The van der Waals surface area contributed by atoms with Crippen LogP contribution in [0.15, 0.2) is 0 Å². The van der Waals surface area contributed by atoms with E-state index in [4.69, 9.17) is 4.74 Å². The third-order valence-corrected chi connectivity index (χ3v) is 4.86. The molecular formula is C15H20F3N3O3. The average Bonchev–Trinajstić information content (AvgIpc) is 2.89. The average molecular weight is 347 g/mol. The maximum Gasteiger partial charge on any atom is 0.420 e. The number of aliphatic hydroxyl groups excluding tert-OH is 1. The largest absolute Gasteiger partial charge is 0.420 e. The highest BCUT2D eigenvalue weighted by atomic mass is 19.4. The van der Waals surface area contributed by atoms with E-state index in [0.717, 1.165) is 0 Å². The van der Waals surface area contributed by atoms with Crippen LogP contribution in [-0.2, 0) is 10.9 Å². The number of rotatable bonds is 1. The van der Waals surface area contributed by atoms with E-state index in [2.05, 4.69) is 10.2 Å². The first-order chi connectivity index (χ1) is 11.2. The summed E-state index contributed by atoms with van der Waals surface area (Å²) in [7, 11) is 0. The van der Waals surface area contributed by atoms with Crippen LogP contribution in [0, 0.1) is 6.92 Å². The number of hydrogen-bond acceptors (Lipinski definition) is 4. The van der Waals surface area contributed by atoms with Gasteiger partial charge in [0.25, 0.3) is 5.91 Å². The molecule has 1 aromatic heterocycles. The highest BCUT2D eigenvalue weighted by Gasteiger charge is 2.44. The number of ether oxygens (including phenoxy) is 1. The van der Waals surface area contributed by atoms with Crippen molar-refractivity contribution in [1.29, 1.82) is 0 Å². The SMILES string of the molecule is Cc1[nH]nc(C(=O)N2CCC3(CC2)CC(O)CCO3)c1C(F)(F)F. The fraction of sp³-hybridized carbons (Fsp3) is 0.733. The Balaban J connectivity index is 1.72. The lowest BCUT2D eigenvalue weighted by Crippen LogP contribution is -2.51. The van der Waals surface area contributed by atoms with Crippen LogP contribution in [0.2, 0.25) is 0 Å². The predicted octanol–water partition coefficient (Wildman–Crippen LogP) is 1.88. The summed E-state index contributed by atoms with van der Waals surface area (Å²) in [4.78, 5) is 13.8. The van der Waals surface area contributed by atoms with Crippen molar-refractivity contribution in [3.63, 3.8) is 0 Å². The Kier molecular flexibility index (Phi) is 4.33. The Morgan fingerprint density at radius 1 is 1.42 bits per heavy atom. The fourth-order valence-electron chi connectivity index (χ4n) is 3.55. The molecule has 1 spiro atoms. The summed E-state index contributed by atoms with van der Waals surface area (Å²) in [6.45, 7) is 2.28. The fourth-order valence-corrected chi connectivity index (χ4v) is 3.55. The van der Waals surface area contributed by atoms with Crippen LogP contribution in [0.4, 0.5) is 13.2 Å². The van der Waals surface area contributed by atoms with E-state index in [1.165, 1.54) is 11.8 Å². The lowest BCUT2D eigenvalue weighted by Gasteiger charge is -2.45. The molecule has 2 aliphatic rings. The van der Waals surface area contributed by atoms with Gasteiger partial charge in [0, 0.05) is 31.8 Å². The molecule has 2 N–H and O–H groups in total. The summed E-state index contributed by atoms with van der Waals surface area (Å²) < 4.78 is 45.2. The Morgan fingerprint density at radius 2 is 2.08 bits per heavy atom. The molecule has 6 nitrogen and oxygen atoms in total. The Hall–Kier alpha value is -1.61. The molecule has 1 amide bonds.